The van der Waals surface area contributed by atoms with Crippen molar-refractivity contribution in [3.63, 3.8) is 0 Å². The van der Waals surface area contributed by atoms with Gasteiger partial charge in [0.05, 0.1) is 5.25 Å². The van der Waals surface area contributed by atoms with E-state index in [1.165, 1.54) is 4.31 Å². The second kappa shape index (κ2) is 5.68. The second-order valence-electron chi connectivity index (χ2n) is 3.75. The lowest BCUT2D eigenvalue weighted by Gasteiger charge is -2.26. The predicted molar refractivity (Wildman–Crippen MR) is 59.6 cm³/mol. The summed E-state index contributed by atoms with van der Waals surface area (Å²) >= 11 is 0. The van der Waals surface area contributed by atoms with Crippen molar-refractivity contribution >= 4 is 10.0 Å². The molecule has 5 heteroatoms. The van der Waals surface area contributed by atoms with Crippen LogP contribution in [0.2, 0.25) is 0 Å². The van der Waals surface area contributed by atoms with Crippen molar-refractivity contribution in [3.8, 4) is 0 Å². The van der Waals surface area contributed by atoms with Crippen LogP contribution in [0.25, 0.3) is 0 Å². The highest BCUT2D eigenvalue weighted by atomic mass is 32.2. The summed E-state index contributed by atoms with van der Waals surface area (Å²) in [6.45, 7) is 5.78. The van der Waals surface area contributed by atoms with E-state index in [1.807, 2.05) is 13.8 Å². The van der Waals surface area contributed by atoms with E-state index in [-0.39, 0.29) is 12.6 Å². The minimum absolute atomic E-state index is 0.0546. The summed E-state index contributed by atoms with van der Waals surface area (Å²) < 4.78 is 25.1. The maximum Gasteiger partial charge on any atom is 0.217 e. The van der Waals surface area contributed by atoms with E-state index < -0.39 is 15.3 Å². The summed E-state index contributed by atoms with van der Waals surface area (Å²) in [6, 6.07) is 0.0546. The number of nitrogens with zero attached hydrogens (tertiary/aromatic N) is 1. The molecule has 0 amide bonds. The molecule has 0 radical (unpaired) electrons. The third kappa shape index (κ3) is 3.22. The van der Waals surface area contributed by atoms with Crippen LogP contribution in [0.3, 0.4) is 0 Å². The van der Waals surface area contributed by atoms with Crippen LogP contribution < -0.4 is 5.73 Å². The van der Waals surface area contributed by atoms with Gasteiger partial charge in [-0.25, -0.2) is 12.7 Å². The number of nitrogens with two attached hydrogens (primary N) is 1. The Labute approximate surface area is 87.5 Å². The Hall–Kier alpha value is -0.130. The van der Waals surface area contributed by atoms with Crippen LogP contribution >= 0.6 is 0 Å². The zero-order valence-corrected chi connectivity index (χ0v) is 10.3. The molecule has 2 unspecified atom stereocenters. The van der Waals surface area contributed by atoms with Gasteiger partial charge in [-0.2, -0.15) is 0 Å². The van der Waals surface area contributed by atoms with Gasteiger partial charge in [-0.1, -0.05) is 13.3 Å². The Morgan fingerprint density at radius 1 is 1.36 bits per heavy atom. The molecule has 0 aliphatic rings. The Morgan fingerprint density at radius 2 is 1.86 bits per heavy atom. The van der Waals surface area contributed by atoms with Gasteiger partial charge in [-0.3, -0.25) is 0 Å². The molecule has 0 fully saturated rings. The van der Waals surface area contributed by atoms with Crippen molar-refractivity contribution in [1.82, 2.24) is 4.31 Å². The monoisotopic (exact) mass is 222 g/mol. The Balaban J connectivity index is 4.58. The van der Waals surface area contributed by atoms with Crippen molar-refractivity contribution in [3.05, 3.63) is 0 Å². The highest BCUT2D eigenvalue weighted by Crippen LogP contribution is 2.13. The Bertz CT molecular complexity index is 252. The molecule has 0 rings (SSSR count). The molecule has 2 atom stereocenters. The Morgan fingerprint density at radius 3 is 2.21 bits per heavy atom. The van der Waals surface area contributed by atoms with E-state index in [1.54, 1.807) is 14.0 Å². The summed E-state index contributed by atoms with van der Waals surface area (Å²) in [7, 11) is -1.58. The van der Waals surface area contributed by atoms with E-state index >= 15 is 0 Å². The summed E-state index contributed by atoms with van der Waals surface area (Å²) in [5, 5.41) is -0.494. The van der Waals surface area contributed by atoms with Crippen molar-refractivity contribution in [1.29, 1.82) is 0 Å². The van der Waals surface area contributed by atoms with E-state index in [4.69, 9.17) is 5.73 Å². The molecule has 14 heavy (non-hydrogen) atoms. The molecule has 0 aliphatic carbocycles. The maximum atomic E-state index is 11.8. The molecule has 2 N–H and O–H groups in total. The second-order valence-corrected chi connectivity index (χ2v) is 6.16. The van der Waals surface area contributed by atoms with Crippen LogP contribution in [0.4, 0.5) is 0 Å². The fourth-order valence-corrected chi connectivity index (χ4v) is 2.67. The quantitative estimate of drug-likeness (QED) is 0.722. The largest absolute Gasteiger partial charge is 0.329 e. The lowest BCUT2D eigenvalue weighted by molar-refractivity contribution is 0.364. The Kier molecular flexibility index (Phi) is 5.63. The highest BCUT2D eigenvalue weighted by molar-refractivity contribution is 7.89. The van der Waals surface area contributed by atoms with Gasteiger partial charge in [-0.15, -0.1) is 0 Å². The zero-order chi connectivity index (χ0) is 11.4. The van der Waals surface area contributed by atoms with Crippen LogP contribution in [0, 0.1) is 0 Å². The molecule has 0 saturated carbocycles. The van der Waals surface area contributed by atoms with Gasteiger partial charge in [0.1, 0.15) is 0 Å². The standard InChI is InChI=1S/C9H22N2O2S/c1-5-6-8(2)11(4)14(12,13)9(3)7-10/h8-9H,5-7,10H2,1-4H3. The SMILES string of the molecule is CCCC(C)N(C)S(=O)(=O)C(C)CN. The topological polar surface area (TPSA) is 63.4 Å². The van der Waals surface area contributed by atoms with Crippen LogP contribution in [0.1, 0.15) is 33.6 Å². The molecule has 0 aromatic carbocycles. The molecule has 0 bridgehead atoms. The molecular weight excluding hydrogens is 200 g/mol. The van der Waals surface area contributed by atoms with Crippen LogP contribution in [-0.4, -0.2) is 37.6 Å². The molecular formula is C9H22N2O2S. The number of hydrogen-bond donors (Lipinski definition) is 1. The summed E-state index contributed by atoms with van der Waals surface area (Å²) in [6.07, 6.45) is 1.87. The van der Waals surface area contributed by atoms with E-state index in [0.717, 1.165) is 12.8 Å². The average Bonchev–Trinajstić information content (AvgIpc) is 2.15. The van der Waals surface area contributed by atoms with Crippen molar-refractivity contribution in [2.24, 2.45) is 5.73 Å². The van der Waals surface area contributed by atoms with Crippen molar-refractivity contribution in [2.45, 2.75) is 44.9 Å². The lowest BCUT2D eigenvalue weighted by Crippen LogP contribution is -2.42. The first-order valence-electron chi connectivity index (χ1n) is 5.04. The van der Waals surface area contributed by atoms with Gasteiger partial charge in [0.2, 0.25) is 10.0 Å². The number of sulfonamides is 1. The smallest absolute Gasteiger partial charge is 0.217 e. The average molecular weight is 222 g/mol. The van der Waals surface area contributed by atoms with Crippen LogP contribution in [0.15, 0.2) is 0 Å². The van der Waals surface area contributed by atoms with Gasteiger partial charge in [0.25, 0.3) is 0 Å². The molecule has 0 aromatic heterocycles. The van der Waals surface area contributed by atoms with Gasteiger partial charge >= 0.3 is 0 Å². The summed E-state index contributed by atoms with van der Waals surface area (Å²) in [4.78, 5) is 0. The van der Waals surface area contributed by atoms with Gasteiger partial charge in [0.15, 0.2) is 0 Å². The van der Waals surface area contributed by atoms with E-state index in [2.05, 4.69) is 0 Å². The van der Waals surface area contributed by atoms with Crippen LogP contribution in [0.5, 0.6) is 0 Å². The first kappa shape index (κ1) is 13.9. The molecule has 4 nitrogen and oxygen atoms in total. The van der Waals surface area contributed by atoms with E-state index in [9.17, 15) is 8.42 Å². The summed E-state index contributed by atoms with van der Waals surface area (Å²) in [5.41, 5.74) is 5.36. The minimum atomic E-state index is -3.20. The third-order valence-corrected chi connectivity index (χ3v) is 4.94. The number of rotatable bonds is 6. The van der Waals surface area contributed by atoms with Gasteiger partial charge < -0.3 is 5.73 Å². The van der Waals surface area contributed by atoms with Crippen LogP contribution in [-0.2, 0) is 10.0 Å². The molecule has 0 spiro atoms. The summed E-state index contributed by atoms with van der Waals surface area (Å²) in [5.74, 6) is 0. The molecule has 0 saturated heterocycles. The normalized spacial score (nSPS) is 17.0. The predicted octanol–water partition coefficient (Wildman–Crippen LogP) is 0.784. The van der Waals surface area contributed by atoms with Gasteiger partial charge in [-0.05, 0) is 20.3 Å². The van der Waals surface area contributed by atoms with Gasteiger partial charge in [0, 0.05) is 19.6 Å². The molecule has 0 heterocycles. The molecule has 86 valence electrons. The fourth-order valence-electron chi connectivity index (χ4n) is 1.26. The first-order valence-corrected chi connectivity index (χ1v) is 6.55. The fraction of sp³-hybridized carbons (Fsp3) is 1.00. The minimum Gasteiger partial charge on any atom is -0.329 e. The maximum absolute atomic E-state index is 11.8. The first-order chi connectivity index (χ1) is 6.37. The lowest BCUT2D eigenvalue weighted by atomic mass is 10.2. The molecule has 0 aliphatic heterocycles. The highest BCUT2D eigenvalue weighted by Gasteiger charge is 2.27. The van der Waals surface area contributed by atoms with Crippen molar-refractivity contribution < 1.29 is 8.42 Å². The molecule has 0 aromatic rings. The number of hydrogen-bond acceptors (Lipinski definition) is 3. The third-order valence-electron chi connectivity index (χ3n) is 2.57. The van der Waals surface area contributed by atoms with E-state index in [0.29, 0.717) is 0 Å². The van der Waals surface area contributed by atoms with Crippen molar-refractivity contribution in [2.75, 3.05) is 13.6 Å². The zero-order valence-electron chi connectivity index (χ0n) is 9.53.